The van der Waals surface area contributed by atoms with Crippen LogP contribution < -0.4 is 21.9 Å². The maximum Gasteiger partial charge on any atom is 0.251 e. The number of nitrogens with zero attached hydrogens (tertiary/aromatic N) is 1. The minimum atomic E-state index is -0.687. The van der Waals surface area contributed by atoms with Gasteiger partial charge in [-0.2, -0.15) is 0 Å². The second-order valence-electron chi connectivity index (χ2n) is 5.96. The van der Waals surface area contributed by atoms with Gasteiger partial charge in [-0.3, -0.25) is 14.4 Å². The third-order valence-electron chi connectivity index (χ3n) is 2.59. The molecule has 0 saturated carbocycles. The number of hydrogen-bond acceptors (Lipinski definition) is 4. The summed E-state index contributed by atoms with van der Waals surface area (Å²) < 4.78 is 1.19. The molecule has 116 valence electrons. The zero-order valence-electron chi connectivity index (χ0n) is 12.8. The Labute approximate surface area is 123 Å². The van der Waals surface area contributed by atoms with Crippen molar-refractivity contribution in [1.82, 2.24) is 15.2 Å². The number of nitrogens with two attached hydrogens (primary N) is 1. The van der Waals surface area contributed by atoms with E-state index in [0.29, 0.717) is 5.69 Å². The van der Waals surface area contributed by atoms with Crippen molar-refractivity contribution in [2.24, 2.45) is 0 Å². The van der Waals surface area contributed by atoms with Crippen LogP contribution in [0.3, 0.4) is 0 Å². The third kappa shape index (κ3) is 5.68. The van der Waals surface area contributed by atoms with Crippen molar-refractivity contribution in [3.05, 3.63) is 28.7 Å². The van der Waals surface area contributed by atoms with Gasteiger partial charge in [-0.05, 0) is 33.8 Å². The molecule has 7 nitrogen and oxygen atoms in total. The molecular formula is C14H22N4O3. The predicted molar refractivity (Wildman–Crippen MR) is 80.6 cm³/mol. The van der Waals surface area contributed by atoms with E-state index < -0.39 is 11.9 Å². The molecule has 1 heterocycles. The Bertz CT molecular complexity index is 587. The molecule has 1 atom stereocenters. The summed E-state index contributed by atoms with van der Waals surface area (Å²) in [5.41, 5.74) is 5.25. The van der Waals surface area contributed by atoms with E-state index in [4.69, 9.17) is 5.73 Å². The second kappa shape index (κ2) is 6.43. The fourth-order valence-corrected chi connectivity index (χ4v) is 1.66. The predicted octanol–water partition coefficient (Wildman–Crippen LogP) is -0.150. The van der Waals surface area contributed by atoms with Gasteiger partial charge in [-0.25, -0.2) is 0 Å². The SMILES string of the molecule is CC(NC(=O)Cn1cc(N)ccc1=O)C(=O)NC(C)(C)C. The van der Waals surface area contributed by atoms with Crippen molar-refractivity contribution in [1.29, 1.82) is 0 Å². The molecule has 4 N–H and O–H groups in total. The van der Waals surface area contributed by atoms with Gasteiger partial charge in [-0.15, -0.1) is 0 Å². The standard InChI is InChI=1S/C14H22N4O3/c1-9(13(21)17-14(2,3)4)16-11(19)8-18-7-10(15)5-6-12(18)20/h5-7,9H,8,15H2,1-4H3,(H,16,19)(H,17,21). The second-order valence-corrected chi connectivity index (χ2v) is 5.96. The van der Waals surface area contributed by atoms with Crippen LogP contribution in [0.15, 0.2) is 23.1 Å². The number of carbonyl (C=O) groups excluding carboxylic acids is 2. The lowest BCUT2D eigenvalue weighted by Gasteiger charge is -2.23. The van der Waals surface area contributed by atoms with Gasteiger partial charge >= 0.3 is 0 Å². The summed E-state index contributed by atoms with van der Waals surface area (Å²) in [5, 5.41) is 5.31. The summed E-state index contributed by atoms with van der Waals surface area (Å²) >= 11 is 0. The summed E-state index contributed by atoms with van der Waals surface area (Å²) in [6.45, 7) is 6.96. The molecule has 21 heavy (non-hydrogen) atoms. The van der Waals surface area contributed by atoms with Crippen LogP contribution in [0.2, 0.25) is 0 Å². The molecule has 0 aliphatic rings. The van der Waals surface area contributed by atoms with E-state index in [-0.39, 0.29) is 23.6 Å². The summed E-state index contributed by atoms with van der Waals surface area (Å²) in [4.78, 5) is 35.3. The van der Waals surface area contributed by atoms with E-state index in [9.17, 15) is 14.4 Å². The minimum absolute atomic E-state index is 0.184. The maximum atomic E-state index is 11.9. The van der Waals surface area contributed by atoms with E-state index in [1.54, 1.807) is 6.92 Å². The maximum absolute atomic E-state index is 11.9. The van der Waals surface area contributed by atoms with Crippen LogP contribution in [0.5, 0.6) is 0 Å². The van der Waals surface area contributed by atoms with Gasteiger partial charge in [0, 0.05) is 23.5 Å². The van der Waals surface area contributed by atoms with E-state index >= 15 is 0 Å². The first-order valence-corrected chi connectivity index (χ1v) is 6.66. The number of amides is 2. The number of aromatic nitrogens is 1. The molecule has 1 unspecified atom stereocenters. The highest BCUT2D eigenvalue weighted by Gasteiger charge is 2.20. The molecule has 1 aromatic rings. The summed E-state index contributed by atoms with van der Waals surface area (Å²) in [6.07, 6.45) is 1.39. The molecule has 7 heteroatoms. The van der Waals surface area contributed by atoms with E-state index in [1.165, 1.54) is 22.9 Å². The first-order valence-electron chi connectivity index (χ1n) is 6.66. The van der Waals surface area contributed by atoms with Gasteiger partial charge in [0.05, 0.1) is 0 Å². The number of anilines is 1. The highest BCUT2D eigenvalue weighted by molar-refractivity contribution is 5.87. The Morgan fingerprint density at radius 1 is 1.33 bits per heavy atom. The van der Waals surface area contributed by atoms with Crippen LogP contribution in [0.4, 0.5) is 5.69 Å². The Hall–Kier alpha value is -2.31. The van der Waals surface area contributed by atoms with Crippen molar-refractivity contribution in [3.8, 4) is 0 Å². The number of nitrogens with one attached hydrogen (secondary N) is 2. The van der Waals surface area contributed by atoms with Crippen molar-refractivity contribution in [3.63, 3.8) is 0 Å². The molecule has 0 spiro atoms. The number of pyridine rings is 1. The topological polar surface area (TPSA) is 106 Å². The van der Waals surface area contributed by atoms with E-state index in [1.807, 2.05) is 20.8 Å². The lowest BCUT2D eigenvalue weighted by atomic mass is 10.1. The summed E-state index contributed by atoms with van der Waals surface area (Å²) in [6, 6.07) is 2.07. The van der Waals surface area contributed by atoms with Crippen molar-refractivity contribution in [2.45, 2.75) is 45.8 Å². The molecule has 0 fully saturated rings. The van der Waals surface area contributed by atoms with Crippen molar-refractivity contribution < 1.29 is 9.59 Å². The molecule has 0 radical (unpaired) electrons. The lowest BCUT2D eigenvalue weighted by molar-refractivity contribution is -0.129. The minimum Gasteiger partial charge on any atom is -0.398 e. The average molecular weight is 294 g/mol. The highest BCUT2D eigenvalue weighted by Crippen LogP contribution is 2.00. The molecule has 0 bridgehead atoms. The van der Waals surface area contributed by atoms with Crippen LogP contribution in [-0.4, -0.2) is 28.0 Å². The zero-order chi connectivity index (χ0) is 16.2. The number of carbonyl (C=O) groups is 2. The molecule has 1 aromatic heterocycles. The summed E-state index contributed by atoms with van der Waals surface area (Å²) in [5.74, 6) is -0.713. The number of hydrogen-bond donors (Lipinski definition) is 3. The Kier molecular flexibility index (Phi) is 5.12. The van der Waals surface area contributed by atoms with Crippen molar-refractivity contribution in [2.75, 3.05) is 5.73 Å². The Morgan fingerprint density at radius 2 is 1.95 bits per heavy atom. The van der Waals surface area contributed by atoms with Gasteiger partial charge in [0.1, 0.15) is 12.6 Å². The first-order chi connectivity index (χ1) is 9.58. The van der Waals surface area contributed by atoms with Gasteiger partial charge in [-0.1, -0.05) is 0 Å². The normalized spacial score (nSPS) is 12.6. The highest BCUT2D eigenvalue weighted by atomic mass is 16.2. The Morgan fingerprint density at radius 3 is 2.52 bits per heavy atom. The van der Waals surface area contributed by atoms with E-state index in [2.05, 4.69) is 10.6 Å². The number of nitrogen functional groups attached to an aromatic ring is 1. The molecule has 2 amide bonds. The van der Waals surface area contributed by atoms with Gasteiger partial charge < -0.3 is 20.9 Å². The fraction of sp³-hybridized carbons (Fsp3) is 0.500. The third-order valence-corrected chi connectivity index (χ3v) is 2.59. The molecule has 0 aromatic carbocycles. The largest absolute Gasteiger partial charge is 0.398 e. The van der Waals surface area contributed by atoms with Gasteiger partial charge in [0.25, 0.3) is 5.56 Å². The molecule has 0 aliphatic carbocycles. The van der Waals surface area contributed by atoms with Crippen LogP contribution in [0, 0.1) is 0 Å². The van der Waals surface area contributed by atoms with Crippen LogP contribution in [-0.2, 0) is 16.1 Å². The molecule has 1 rings (SSSR count). The zero-order valence-corrected chi connectivity index (χ0v) is 12.8. The molecule has 0 aliphatic heterocycles. The van der Waals surface area contributed by atoms with E-state index in [0.717, 1.165) is 0 Å². The number of rotatable bonds is 4. The molecular weight excluding hydrogens is 272 g/mol. The first kappa shape index (κ1) is 16.7. The van der Waals surface area contributed by atoms with Crippen LogP contribution in [0.25, 0.3) is 0 Å². The quantitative estimate of drug-likeness (QED) is 0.718. The van der Waals surface area contributed by atoms with Crippen LogP contribution >= 0.6 is 0 Å². The average Bonchev–Trinajstić information content (AvgIpc) is 2.31. The molecule has 0 saturated heterocycles. The van der Waals surface area contributed by atoms with Gasteiger partial charge in [0.2, 0.25) is 11.8 Å². The summed E-state index contributed by atoms with van der Waals surface area (Å²) in [7, 11) is 0. The lowest BCUT2D eigenvalue weighted by Crippen LogP contribution is -2.51. The van der Waals surface area contributed by atoms with Crippen molar-refractivity contribution >= 4 is 17.5 Å². The smallest absolute Gasteiger partial charge is 0.251 e. The fourth-order valence-electron chi connectivity index (χ4n) is 1.66. The van der Waals surface area contributed by atoms with Gasteiger partial charge in [0.15, 0.2) is 0 Å². The van der Waals surface area contributed by atoms with Crippen LogP contribution in [0.1, 0.15) is 27.7 Å². The Balaban J connectivity index is 2.63. The monoisotopic (exact) mass is 294 g/mol.